The maximum atomic E-state index is 5.44. The summed E-state index contributed by atoms with van der Waals surface area (Å²) in [6, 6.07) is 6.69. The SMILES string of the molecule is C\C=C(/C=C\C(=N/C(=C\C(C)=C1CCC1)c1ccc(C)c(N=C(C)C(C)CC)c1)C(C)CC)N1CCN(CCC)CC1. The number of piperazine rings is 1. The van der Waals surface area contributed by atoms with Crippen molar-refractivity contribution in [3.05, 3.63) is 70.5 Å². The topological polar surface area (TPSA) is 31.2 Å². The maximum absolute atomic E-state index is 5.44. The lowest BCUT2D eigenvalue weighted by Crippen LogP contribution is -2.45. The number of aryl methyl sites for hydroxylation is 1. The fourth-order valence-electron chi connectivity index (χ4n) is 5.48. The average Bonchev–Trinajstić information content (AvgIpc) is 2.96. The van der Waals surface area contributed by atoms with E-state index in [-0.39, 0.29) is 0 Å². The molecule has 0 N–H and O–H groups in total. The van der Waals surface area contributed by atoms with Crippen molar-refractivity contribution in [2.24, 2.45) is 21.8 Å². The Labute approximate surface area is 258 Å². The molecule has 0 amide bonds. The van der Waals surface area contributed by atoms with Crippen molar-refractivity contribution < 1.29 is 0 Å². The van der Waals surface area contributed by atoms with Crippen LogP contribution in [-0.4, -0.2) is 53.9 Å². The number of nitrogens with zero attached hydrogens (tertiary/aromatic N) is 4. The molecule has 2 fully saturated rings. The summed E-state index contributed by atoms with van der Waals surface area (Å²) in [6.45, 7) is 25.7. The third kappa shape index (κ3) is 9.39. The van der Waals surface area contributed by atoms with Crippen molar-refractivity contribution in [1.82, 2.24) is 9.80 Å². The van der Waals surface area contributed by atoms with Gasteiger partial charge in [-0.1, -0.05) is 58.4 Å². The van der Waals surface area contributed by atoms with Crippen LogP contribution in [0.25, 0.3) is 5.70 Å². The Hall–Kier alpha value is -2.72. The van der Waals surface area contributed by atoms with E-state index < -0.39 is 0 Å². The van der Waals surface area contributed by atoms with Crippen LogP contribution in [0, 0.1) is 18.8 Å². The third-order valence-corrected chi connectivity index (χ3v) is 9.36. The Kier molecular flexibility index (Phi) is 13.5. The highest BCUT2D eigenvalue weighted by Crippen LogP contribution is 2.33. The second kappa shape index (κ2) is 16.8. The van der Waals surface area contributed by atoms with Gasteiger partial charge in [-0.2, -0.15) is 0 Å². The number of hydrogen-bond acceptors (Lipinski definition) is 4. The van der Waals surface area contributed by atoms with E-state index in [1.165, 1.54) is 54.8 Å². The zero-order valence-electron chi connectivity index (χ0n) is 28.3. The van der Waals surface area contributed by atoms with Crippen LogP contribution in [0.4, 0.5) is 5.69 Å². The minimum Gasteiger partial charge on any atom is -0.369 e. The van der Waals surface area contributed by atoms with Crippen LogP contribution in [0.1, 0.15) is 105 Å². The summed E-state index contributed by atoms with van der Waals surface area (Å²) in [7, 11) is 0. The van der Waals surface area contributed by atoms with Crippen molar-refractivity contribution in [3.63, 3.8) is 0 Å². The molecule has 0 aromatic heterocycles. The molecule has 0 radical (unpaired) electrons. The first-order chi connectivity index (χ1) is 20.2. The summed E-state index contributed by atoms with van der Waals surface area (Å²) in [4.78, 5) is 15.6. The van der Waals surface area contributed by atoms with Crippen LogP contribution >= 0.6 is 0 Å². The predicted octanol–water partition coefficient (Wildman–Crippen LogP) is 9.95. The largest absolute Gasteiger partial charge is 0.369 e. The minimum absolute atomic E-state index is 0.358. The highest BCUT2D eigenvalue weighted by atomic mass is 15.3. The summed E-state index contributed by atoms with van der Waals surface area (Å²) >= 11 is 0. The molecule has 1 saturated heterocycles. The first-order valence-corrected chi connectivity index (χ1v) is 16.7. The number of aliphatic imine (C=N–C) groups is 2. The standard InChI is InChI=1S/C38H58N4/c1-10-21-41-22-24-42(25-23-41)35(13-4)19-20-36(29(6)12-3)40-38(26-31(8)33-15-14-16-33)34-18-17-30(7)37(27-34)39-32(9)28(5)11-2/h13,17-20,26-29H,10-12,14-16,21-25H2,1-9H3/b20-19-,35-13+,38-26-,39-32?,40-36+. The Bertz CT molecular complexity index is 1210. The van der Waals surface area contributed by atoms with E-state index in [2.05, 4.69) is 115 Å². The zero-order chi connectivity index (χ0) is 30.6. The molecule has 0 spiro atoms. The van der Waals surface area contributed by atoms with Crippen molar-refractivity contribution in [2.75, 3.05) is 32.7 Å². The van der Waals surface area contributed by atoms with Crippen LogP contribution in [0.2, 0.25) is 0 Å². The molecule has 42 heavy (non-hydrogen) atoms. The molecule has 0 bridgehead atoms. The third-order valence-electron chi connectivity index (χ3n) is 9.36. The molecule has 3 rings (SSSR count). The molecule has 1 aliphatic heterocycles. The smallest absolute Gasteiger partial charge is 0.0708 e. The van der Waals surface area contributed by atoms with Crippen molar-refractivity contribution in [1.29, 1.82) is 0 Å². The van der Waals surface area contributed by atoms with Crippen molar-refractivity contribution in [2.45, 2.75) is 101 Å². The van der Waals surface area contributed by atoms with Crippen LogP contribution in [0.3, 0.4) is 0 Å². The summed E-state index contributed by atoms with van der Waals surface area (Å²) in [5.41, 5.74) is 11.0. The van der Waals surface area contributed by atoms with Gasteiger partial charge in [0, 0.05) is 48.9 Å². The van der Waals surface area contributed by atoms with Gasteiger partial charge in [0.15, 0.2) is 0 Å². The van der Waals surface area contributed by atoms with E-state index in [0.29, 0.717) is 11.8 Å². The molecule has 1 aromatic rings. The molecule has 1 aromatic carbocycles. The molecule has 4 heteroatoms. The quantitative estimate of drug-likeness (QED) is 0.174. The molecule has 1 saturated carbocycles. The van der Waals surface area contributed by atoms with Gasteiger partial charge in [-0.15, -0.1) is 0 Å². The Morgan fingerprint density at radius 3 is 2.21 bits per heavy atom. The van der Waals surface area contributed by atoms with Gasteiger partial charge in [0.25, 0.3) is 0 Å². The van der Waals surface area contributed by atoms with Gasteiger partial charge in [-0.3, -0.25) is 14.9 Å². The maximum Gasteiger partial charge on any atom is 0.0708 e. The van der Waals surface area contributed by atoms with Gasteiger partial charge >= 0.3 is 0 Å². The van der Waals surface area contributed by atoms with Crippen molar-refractivity contribution in [3.8, 4) is 0 Å². The Balaban J connectivity index is 2.02. The number of benzene rings is 1. The summed E-state index contributed by atoms with van der Waals surface area (Å²) in [6.07, 6.45) is 16.3. The van der Waals surface area contributed by atoms with Gasteiger partial charge < -0.3 is 4.90 Å². The lowest BCUT2D eigenvalue weighted by atomic mass is 9.88. The molecule has 230 valence electrons. The van der Waals surface area contributed by atoms with Crippen LogP contribution in [0.5, 0.6) is 0 Å². The zero-order valence-corrected chi connectivity index (χ0v) is 28.3. The van der Waals surface area contributed by atoms with Gasteiger partial charge in [-0.05, 0) is 120 Å². The summed E-state index contributed by atoms with van der Waals surface area (Å²) < 4.78 is 0. The van der Waals surface area contributed by atoms with Crippen LogP contribution in [0.15, 0.2) is 69.3 Å². The Morgan fingerprint density at radius 2 is 1.64 bits per heavy atom. The monoisotopic (exact) mass is 570 g/mol. The average molecular weight is 571 g/mol. The first-order valence-electron chi connectivity index (χ1n) is 16.7. The van der Waals surface area contributed by atoms with Crippen LogP contribution < -0.4 is 0 Å². The van der Waals surface area contributed by atoms with E-state index in [1.807, 2.05) is 0 Å². The summed E-state index contributed by atoms with van der Waals surface area (Å²) in [5, 5.41) is 0. The van der Waals surface area contributed by atoms with E-state index in [1.54, 1.807) is 5.57 Å². The second-order valence-corrected chi connectivity index (χ2v) is 12.5. The molecular formula is C38H58N4. The highest BCUT2D eigenvalue weighted by molar-refractivity contribution is 6.00. The molecule has 1 aliphatic carbocycles. The minimum atomic E-state index is 0.358. The van der Waals surface area contributed by atoms with E-state index in [0.717, 1.165) is 61.7 Å². The van der Waals surface area contributed by atoms with E-state index >= 15 is 0 Å². The summed E-state index contributed by atoms with van der Waals surface area (Å²) in [5.74, 6) is 0.834. The fraction of sp³-hybridized carbons (Fsp3) is 0.579. The first kappa shape index (κ1) is 33.8. The number of rotatable bonds is 13. The molecule has 4 nitrogen and oxygen atoms in total. The lowest BCUT2D eigenvalue weighted by Gasteiger charge is -2.36. The van der Waals surface area contributed by atoms with Gasteiger partial charge in [-0.25, -0.2) is 0 Å². The molecule has 1 heterocycles. The van der Waals surface area contributed by atoms with Gasteiger partial charge in [0.1, 0.15) is 0 Å². The molecular weight excluding hydrogens is 512 g/mol. The second-order valence-electron chi connectivity index (χ2n) is 12.5. The fourth-order valence-corrected chi connectivity index (χ4v) is 5.48. The van der Waals surface area contributed by atoms with Crippen LogP contribution in [-0.2, 0) is 0 Å². The molecule has 2 aliphatic rings. The Morgan fingerprint density at radius 1 is 0.952 bits per heavy atom. The normalized spacial score (nSPS) is 19.4. The van der Waals surface area contributed by atoms with Gasteiger partial charge in [0.05, 0.1) is 11.4 Å². The molecule has 2 unspecified atom stereocenters. The molecule has 2 atom stereocenters. The highest BCUT2D eigenvalue weighted by Gasteiger charge is 2.18. The van der Waals surface area contributed by atoms with Gasteiger partial charge in [0.2, 0.25) is 0 Å². The number of allylic oxidation sites excluding steroid dienone is 6. The van der Waals surface area contributed by atoms with E-state index in [4.69, 9.17) is 9.98 Å². The lowest BCUT2D eigenvalue weighted by molar-refractivity contribution is 0.162. The van der Waals surface area contributed by atoms with Crippen molar-refractivity contribution >= 4 is 22.8 Å². The predicted molar refractivity (Wildman–Crippen MR) is 186 cm³/mol. The number of hydrogen-bond donors (Lipinski definition) is 0. The van der Waals surface area contributed by atoms with E-state index in [9.17, 15) is 0 Å².